The lowest BCUT2D eigenvalue weighted by Crippen LogP contribution is -2.34. The van der Waals surface area contributed by atoms with Gasteiger partial charge in [0.15, 0.2) is 6.61 Å². The molecule has 112 valence electrons. The number of carbonyl (C=O) groups is 1. The second-order valence-electron chi connectivity index (χ2n) is 4.85. The number of aliphatic hydroxyl groups excluding tert-OH is 1. The predicted octanol–water partition coefficient (Wildman–Crippen LogP) is 2.13. The Bertz CT molecular complexity index is 592. The van der Waals surface area contributed by atoms with E-state index in [0.717, 1.165) is 5.56 Å². The SMILES string of the molecule is Cc1ccc(OCC(=O)NC(CO)c2ccco2)cc1C. The number of aryl methyl sites for hydroxylation is 2. The van der Waals surface area contributed by atoms with E-state index in [-0.39, 0.29) is 19.1 Å². The molecule has 0 aliphatic rings. The van der Waals surface area contributed by atoms with Crippen molar-refractivity contribution in [3.8, 4) is 5.75 Å². The van der Waals surface area contributed by atoms with E-state index in [9.17, 15) is 9.90 Å². The molecule has 1 aromatic carbocycles. The fourth-order valence-corrected chi connectivity index (χ4v) is 1.88. The van der Waals surface area contributed by atoms with E-state index in [1.165, 1.54) is 11.8 Å². The summed E-state index contributed by atoms with van der Waals surface area (Å²) in [7, 11) is 0. The third kappa shape index (κ3) is 4.10. The van der Waals surface area contributed by atoms with E-state index in [1.807, 2.05) is 32.0 Å². The minimum Gasteiger partial charge on any atom is -0.484 e. The molecule has 0 aliphatic carbocycles. The van der Waals surface area contributed by atoms with Crippen LogP contribution in [0.3, 0.4) is 0 Å². The Morgan fingerprint density at radius 2 is 2.14 bits per heavy atom. The van der Waals surface area contributed by atoms with Crippen LogP contribution in [0.5, 0.6) is 5.75 Å². The highest BCUT2D eigenvalue weighted by molar-refractivity contribution is 5.78. The van der Waals surface area contributed by atoms with Crippen molar-refractivity contribution in [1.82, 2.24) is 5.32 Å². The van der Waals surface area contributed by atoms with Gasteiger partial charge in [0.2, 0.25) is 0 Å². The molecule has 1 atom stereocenters. The Kier molecular flexibility index (Phi) is 5.00. The maximum Gasteiger partial charge on any atom is 0.258 e. The number of aliphatic hydroxyl groups is 1. The van der Waals surface area contributed by atoms with Crippen LogP contribution in [-0.4, -0.2) is 24.2 Å². The number of nitrogens with one attached hydrogen (secondary N) is 1. The lowest BCUT2D eigenvalue weighted by Gasteiger charge is -2.14. The summed E-state index contributed by atoms with van der Waals surface area (Å²) in [5, 5.41) is 11.9. The molecule has 2 aromatic rings. The lowest BCUT2D eigenvalue weighted by molar-refractivity contribution is -0.124. The van der Waals surface area contributed by atoms with Crippen molar-refractivity contribution in [3.63, 3.8) is 0 Å². The maximum atomic E-state index is 11.8. The number of benzene rings is 1. The summed E-state index contributed by atoms with van der Waals surface area (Å²) in [5.74, 6) is 0.840. The molecule has 0 spiro atoms. The van der Waals surface area contributed by atoms with Gasteiger partial charge in [0.25, 0.3) is 5.91 Å². The molecule has 5 nitrogen and oxygen atoms in total. The maximum absolute atomic E-state index is 11.8. The van der Waals surface area contributed by atoms with Crippen molar-refractivity contribution < 1.29 is 19.1 Å². The van der Waals surface area contributed by atoms with Gasteiger partial charge in [-0.2, -0.15) is 0 Å². The third-order valence-corrected chi connectivity index (χ3v) is 3.25. The Balaban J connectivity index is 1.88. The van der Waals surface area contributed by atoms with Gasteiger partial charge in [-0.3, -0.25) is 4.79 Å². The third-order valence-electron chi connectivity index (χ3n) is 3.25. The van der Waals surface area contributed by atoms with Gasteiger partial charge in [0.05, 0.1) is 12.9 Å². The van der Waals surface area contributed by atoms with E-state index in [4.69, 9.17) is 9.15 Å². The number of amides is 1. The molecule has 0 fully saturated rings. The lowest BCUT2D eigenvalue weighted by atomic mass is 10.1. The summed E-state index contributed by atoms with van der Waals surface area (Å²) in [6.07, 6.45) is 1.50. The molecule has 0 radical (unpaired) electrons. The summed E-state index contributed by atoms with van der Waals surface area (Å²) < 4.78 is 10.6. The van der Waals surface area contributed by atoms with Crippen LogP contribution in [0.15, 0.2) is 41.0 Å². The van der Waals surface area contributed by atoms with Crippen LogP contribution in [0.4, 0.5) is 0 Å². The van der Waals surface area contributed by atoms with Gasteiger partial charge >= 0.3 is 0 Å². The smallest absolute Gasteiger partial charge is 0.258 e. The van der Waals surface area contributed by atoms with Gasteiger partial charge in [-0.15, -0.1) is 0 Å². The first-order valence-corrected chi connectivity index (χ1v) is 6.74. The number of ether oxygens (including phenoxy) is 1. The van der Waals surface area contributed by atoms with Gasteiger partial charge < -0.3 is 19.6 Å². The first-order valence-electron chi connectivity index (χ1n) is 6.74. The molecule has 1 heterocycles. The summed E-state index contributed by atoms with van der Waals surface area (Å²) in [4.78, 5) is 11.8. The van der Waals surface area contributed by atoms with Crippen LogP contribution in [0.25, 0.3) is 0 Å². The average Bonchev–Trinajstić information content (AvgIpc) is 3.00. The summed E-state index contributed by atoms with van der Waals surface area (Å²) in [5.41, 5.74) is 2.28. The molecule has 0 saturated carbocycles. The van der Waals surface area contributed by atoms with Gasteiger partial charge in [-0.05, 0) is 49.2 Å². The Labute approximate surface area is 123 Å². The fourth-order valence-electron chi connectivity index (χ4n) is 1.88. The Morgan fingerprint density at radius 3 is 2.76 bits per heavy atom. The second kappa shape index (κ2) is 6.95. The predicted molar refractivity (Wildman–Crippen MR) is 78.1 cm³/mol. The van der Waals surface area contributed by atoms with Crippen LogP contribution in [-0.2, 0) is 4.79 Å². The van der Waals surface area contributed by atoms with Crippen LogP contribution >= 0.6 is 0 Å². The fraction of sp³-hybridized carbons (Fsp3) is 0.312. The highest BCUT2D eigenvalue weighted by atomic mass is 16.5. The zero-order chi connectivity index (χ0) is 15.2. The summed E-state index contributed by atoms with van der Waals surface area (Å²) in [6.45, 7) is 3.66. The molecule has 2 rings (SSSR count). The van der Waals surface area contributed by atoms with Crippen molar-refractivity contribution in [3.05, 3.63) is 53.5 Å². The van der Waals surface area contributed by atoms with Gasteiger partial charge in [-0.25, -0.2) is 0 Å². The molecule has 2 N–H and O–H groups in total. The first-order chi connectivity index (χ1) is 10.1. The Hall–Kier alpha value is -2.27. The largest absolute Gasteiger partial charge is 0.484 e. The van der Waals surface area contributed by atoms with Crippen LogP contribution < -0.4 is 10.1 Å². The quantitative estimate of drug-likeness (QED) is 0.854. The van der Waals surface area contributed by atoms with Crippen molar-refractivity contribution >= 4 is 5.91 Å². The zero-order valence-electron chi connectivity index (χ0n) is 12.1. The zero-order valence-corrected chi connectivity index (χ0v) is 12.1. The normalized spacial score (nSPS) is 12.0. The van der Waals surface area contributed by atoms with Gasteiger partial charge in [0.1, 0.15) is 17.6 Å². The topological polar surface area (TPSA) is 71.7 Å². The van der Waals surface area contributed by atoms with Crippen LogP contribution in [0.2, 0.25) is 0 Å². The first kappa shape index (κ1) is 15.1. The second-order valence-corrected chi connectivity index (χ2v) is 4.85. The molecule has 0 bridgehead atoms. The molecule has 1 amide bonds. The van der Waals surface area contributed by atoms with Crippen molar-refractivity contribution in [2.24, 2.45) is 0 Å². The monoisotopic (exact) mass is 289 g/mol. The standard InChI is InChI=1S/C16H19NO4/c1-11-5-6-13(8-12(11)2)21-10-16(19)17-14(9-18)15-4-3-7-20-15/h3-8,14,18H,9-10H2,1-2H3,(H,17,19). The molecule has 0 saturated heterocycles. The van der Waals surface area contributed by atoms with Crippen LogP contribution in [0.1, 0.15) is 22.9 Å². The molecular weight excluding hydrogens is 270 g/mol. The molecule has 5 heteroatoms. The number of furan rings is 1. The van der Waals surface area contributed by atoms with E-state index >= 15 is 0 Å². The highest BCUT2D eigenvalue weighted by Crippen LogP contribution is 2.16. The molecule has 1 aromatic heterocycles. The van der Waals surface area contributed by atoms with Gasteiger partial charge in [-0.1, -0.05) is 6.07 Å². The van der Waals surface area contributed by atoms with Crippen molar-refractivity contribution in [2.45, 2.75) is 19.9 Å². The number of carbonyl (C=O) groups excluding carboxylic acids is 1. The molecule has 0 aliphatic heterocycles. The average molecular weight is 289 g/mol. The summed E-state index contributed by atoms with van der Waals surface area (Å²) in [6, 6.07) is 8.50. The van der Waals surface area contributed by atoms with E-state index in [0.29, 0.717) is 11.5 Å². The number of hydrogen-bond acceptors (Lipinski definition) is 4. The number of hydrogen-bond donors (Lipinski definition) is 2. The minimum atomic E-state index is -0.559. The Morgan fingerprint density at radius 1 is 1.33 bits per heavy atom. The van der Waals surface area contributed by atoms with E-state index < -0.39 is 6.04 Å². The minimum absolute atomic E-state index is 0.111. The number of rotatable bonds is 6. The van der Waals surface area contributed by atoms with Gasteiger partial charge in [0, 0.05) is 0 Å². The van der Waals surface area contributed by atoms with E-state index in [2.05, 4.69) is 5.32 Å². The van der Waals surface area contributed by atoms with Crippen molar-refractivity contribution in [2.75, 3.05) is 13.2 Å². The summed E-state index contributed by atoms with van der Waals surface area (Å²) >= 11 is 0. The van der Waals surface area contributed by atoms with E-state index in [1.54, 1.807) is 12.1 Å². The molecule has 1 unspecified atom stereocenters. The van der Waals surface area contributed by atoms with Crippen molar-refractivity contribution in [1.29, 1.82) is 0 Å². The molecule has 21 heavy (non-hydrogen) atoms. The van der Waals surface area contributed by atoms with Crippen LogP contribution in [0, 0.1) is 13.8 Å². The highest BCUT2D eigenvalue weighted by Gasteiger charge is 2.16. The molecular formula is C16H19NO4.